The highest BCUT2D eigenvalue weighted by Crippen LogP contribution is 2.59. The smallest absolute Gasteiger partial charge is 0.385 e. The molecule has 292 valence electrons. The molecule has 8 heteroatoms. The largest absolute Gasteiger partial charge is 0.641 e. The van der Waals surface area contributed by atoms with Crippen LogP contribution in [-0.4, -0.2) is 27.9 Å². The highest BCUT2D eigenvalue weighted by molar-refractivity contribution is 6.38. The van der Waals surface area contributed by atoms with Gasteiger partial charge < -0.3 is 27.9 Å². The minimum atomic E-state index is -1.13. The molecule has 2 fully saturated rings. The summed E-state index contributed by atoms with van der Waals surface area (Å²) < 4.78 is 41.6. The number of benzene rings is 7. The Bertz CT molecular complexity index is 2180. The molecule has 2 heterocycles. The Hall–Kier alpha value is -5.57. The van der Waals surface area contributed by atoms with E-state index in [2.05, 4.69) is 98.8 Å². The molecule has 7 aromatic carbocycles. The van der Waals surface area contributed by atoms with Gasteiger partial charge in [0, 0.05) is 13.2 Å². The van der Waals surface area contributed by atoms with Crippen molar-refractivity contribution in [3.05, 3.63) is 251 Å². The SMILES string of the molecule is CC(COB1OC(C)(c2ccccc2)C(c2ccccc2)(c2ccccc2)O1)COB1OC(c2ccccc2)(c2ccccc2)C(c2ccccc2)(c2ccccc2)O1. The van der Waals surface area contributed by atoms with E-state index in [1.54, 1.807) is 0 Å². The third-order valence-corrected chi connectivity index (χ3v) is 11.8. The zero-order chi connectivity index (χ0) is 40.2. The Morgan fingerprint density at radius 3 is 0.898 bits per heavy atom. The highest BCUT2D eigenvalue weighted by atomic mass is 16.8. The molecule has 59 heavy (non-hydrogen) atoms. The van der Waals surface area contributed by atoms with Gasteiger partial charge in [-0.05, 0) is 51.8 Å². The molecular formula is C51H46B2O6. The van der Waals surface area contributed by atoms with Gasteiger partial charge in [0.2, 0.25) is 0 Å². The molecule has 0 N–H and O–H groups in total. The standard InChI is InChI=1S/C51H46B2O6/c1-40(38-54-52-56-48(2,41-24-10-3-11-25-41)49(57-52,42-26-12-4-13-27-42)43-28-14-5-15-29-43)39-55-53-58-50(44-30-16-6-17-31-44,45-32-18-7-19-33-45)51(59-53,46-34-20-8-21-35-46)47-36-22-9-23-37-47/h3-37,40H,38-39H2,1-2H3. The Morgan fingerprint density at radius 2 is 0.593 bits per heavy atom. The first kappa shape index (κ1) is 38.9. The van der Waals surface area contributed by atoms with Crippen LogP contribution in [0.15, 0.2) is 212 Å². The maximum atomic E-state index is 7.24. The van der Waals surface area contributed by atoms with Gasteiger partial charge in [-0.1, -0.05) is 219 Å². The van der Waals surface area contributed by atoms with Gasteiger partial charge in [-0.15, -0.1) is 0 Å². The summed E-state index contributed by atoms with van der Waals surface area (Å²) in [7, 11) is -2.02. The van der Waals surface area contributed by atoms with Crippen LogP contribution in [0.25, 0.3) is 0 Å². The van der Waals surface area contributed by atoms with Crippen molar-refractivity contribution in [1.29, 1.82) is 0 Å². The van der Waals surface area contributed by atoms with Gasteiger partial charge in [-0.2, -0.15) is 0 Å². The van der Waals surface area contributed by atoms with Crippen LogP contribution in [0.2, 0.25) is 0 Å². The van der Waals surface area contributed by atoms with Crippen LogP contribution in [0, 0.1) is 5.92 Å². The molecule has 7 aromatic rings. The fourth-order valence-electron chi connectivity index (χ4n) is 9.04. The maximum Gasteiger partial charge on any atom is 0.641 e. The monoisotopic (exact) mass is 776 g/mol. The van der Waals surface area contributed by atoms with Crippen LogP contribution in [0.5, 0.6) is 0 Å². The first-order valence-electron chi connectivity index (χ1n) is 20.3. The van der Waals surface area contributed by atoms with Crippen LogP contribution in [-0.2, 0) is 50.3 Å². The minimum Gasteiger partial charge on any atom is -0.385 e. The van der Waals surface area contributed by atoms with Crippen LogP contribution in [0.3, 0.4) is 0 Å². The van der Waals surface area contributed by atoms with Crippen molar-refractivity contribution < 1.29 is 27.9 Å². The Labute approximate surface area is 348 Å². The predicted octanol–water partition coefficient (Wildman–Crippen LogP) is 10.5. The molecule has 6 nitrogen and oxygen atoms in total. The van der Waals surface area contributed by atoms with Crippen LogP contribution in [0.1, 0.15) is 52.8 Å². The summed E-state index contributed by atoms with van der Waals surface area (Å²) in [5.74, 6) is -0.105. The zero-order valence-corrected chi connectivity index (χ0v) is 33.3. The quantitative estimate of drug-likeness (QED) is 0.109. The van der Waals surface area contributed by atoms with Gasteiger partial charge in [0.05, 0.1) is 0 Å². The summed E-state index contributed by atoms with van der Waals surface area (Å²) >= 11 is 0. The lowest BCUT2D eigenvalue weighted by atomic mass is 9.66. The fourth-order valence-corrected chi connectivity index (χ4v) is 9.04. The lowest BCUT2D eigenvalue weighted by molar-refractivity contribution is -0.0147. The summed E-state index contributed by atoms with van der Waals surface area (Å²) in [4.78, 5) is 0. The van der Waals surface area contributed by atoms with Crippen LogP contribution in [0.4, 0.5) is 0 Å². The van der Waals surface area contributed by atoms with Gasteiger partial charge in [0.1, 0.15) is 22.4 Å². The van der Waals surface area contributed by atoms with Gasteiger partial charge in [-0.3, -0.25) is 0 Å². The normalized spacial score (nSPS) is 19.7. The van der Waals surface area contributed by atoms with Crippen molar-refractivity contribution in [2.45, 2.75) is 36.3 Å². The Morgan fingerprint density at radius 1 is 0.356 bits per heavy atom. The third kappa shape index (κ3) is 6.76. The van der Waals surface area contributed by atoms with Crippen LogP contribution >= 0.6 is 0 Å². The second-order valence-electron chi connectivity index (χ2n) is 15.5. The molecule has 9 rings (SSSR count). The van der Waals surface area contributed by atoms with Crippen molar-refractivity contribution in [3.8, 4) is 0 Å². The van der Waals surface area contributed by atoms with Crippen molar-refractivity contribution in [1.82, 2.24) is 0 Å². The van der Waals surface area contributed by atoms with E-state index in [0.29, 0.717) is 0 Å². The van der Waals surface area contributed by atoms with E-state index in [1.165, 1.54) is 0 Å². The molecule has 0 radical (unpaired) electrons. The molecule has 2 saturated heterocycles. The molecule has 0 bridgehead atoms. The van der Waals surface area contributed by atoms with Gasteiger partial charge in [0.15, 0.2) is 0 Å². The predicted molar refractivity (Wildman–Crippen MR) is 232 cm³/mol. The van der Waals surface area contributed by atoms with E-state index in [4.69, 9.17) is 27.9 Å². The zero-order valence-electron chi connectivity index (χ0n) is 33.3. The molecular weight excluding hydrogens is 730 g/mol. The maximum absolute atomic E-state index is 7.24. The molecule has 2 aliphatic rings. The minimum absolute atomic E-state index is 0.105. The molecule has 0 amide bonds. The average Bonchev–Trinajstić information content (AvgIpc) is 3.84. The molecule has 0 saturated carbocycles. The van der Waals surface area contributed by atoms with Gasteiger partial charge >= 0.3 is 14.6 Å². The molecule has 0 aliphatic carbocycles. The fraction of sp³-hybridized carbons (Fsp3) is 0.176. The van der Waals surface area contributed by atoms with Crippen molar-refractivity contribution in [2.24, 2.45) is 5.92 Å². The Kier molecular flexibility index (Phi) is 10.9. The van der Waals surface area contributed by atoms with Gasteiger partial charge in [-0.25, -0.2) is 0 Å². The second kappa shape index (κ2) is 16.6. The first-order chi connectivity index (χ1) is 29.0. The number of hydrogen-bond donors (Lipinski definition) is 0. The van der Waals surface area contributed by atoms with Gasteiger partial charge in [0.25, 0.3) is 0 Å². The summed E-state index contributed by atoms with van der Waals surface area (Å²) in [5.41, 5.74) is 2.48. The lowest BCUT2D eigenvalue weighted by Crippen LogP contribution is -2.48. The van der Waals surface area contributed by atoms with Crippen molar-refractivity contribution in [3.63, 3.8) is 0 Å². The highest BCUT2D eigenvalue weighted by Gasteiger charge is 2.67. The average molecular weight is 777 g/mol. The van der Waals surface area contributed by atoms with E-state index in [-0.39, 0.29) is 19.1 Å². The van der Waals surface area contributed by atoms with Crippen molar-refractivity contribution >= 4 is 14.6 Å². The van der Waals surface area contributed by atoms with E-state index < -0.39 is 37.0 Å². The molecule has 2 atom stereocenters. The summed E-state index contributed by atoms with van der Waals surface area (Å²) in [6.07, 6.45) is 0. The lowest BCUT2D eigenvalue weighted by Gasteiger charge is -2.45. The number of rotatable bonds is 13. The third-order valence-electron chi connectivity index (χ3n) is 11.8. The topological polar surface area (TPSA) is 55.4 Å². The van der Waals surface area contributed by atoms with Crippen molar-refractivity contribution in [2.75, 3.05) is 13.2 Å². The first-order valence-corrected chi connectivity index (χ1v) is 20.3. The summed E-state index contributed by atoms with van der Waals surface area (Å²) in [5, 5.41) is 0. The summed E-state index contributed by atoms with van der Waals surface area (Å²) in [6.45, 7) is 4.72. The van der Waals surface area contributed by atoms with E-state index in [1.807, 2.05) is 127 Å². The molecule has 2 aliphatic heterocycles. The van der Waals surface area contributed by atoms with E-state index in [9.17, 15) is 0 Å². The number of hydrogen-bond acceptors (Lipinski definition) is 6. The van der Waals surface area contributed by atoms with Crippen LogP contribution < -0.4 is 0 Å². The second-order valence-corrected chi connectivity index (χ2v) is 15.5. The molecule has 2 unspecified atom stereocenters. The van der Waals surface area contributed by atoms with E-state index in [0.717, 1.165) is 38.9 Å². The molecule has 0 aromatic heterocycles. The molecule has 0 spiro atoms. The summed E-state index contributed by atoms with van der Waals surface area (Å²) in [6, 6.07) is 72.0. The Balaban J connectivity index is 1.01. The van der Waals surface area contributed by atoms with E-state index >= 15 is 0 Å².